The van der Waals surface area contributed by atoms with Crippen molar-refractivity contribution < 1.29 is 0 Å². The maximum atomic E-state index is 6.32. The molecule has 2 N–H and O–H groups in total. The standard InChI is InChI=1S/C27H43N.2C2H6/c1-8-24-25(16(2)3)19(6)14-22-15-21-10-12-23(28)11-9-17(4)13-18(5)26(21)20(7)27(22)24;2*1-2/h8-9,11,16,18-19,21-22,25,27H,10,12-15,28H2,1-7H3;2*1-2H3/b17-9-,23-11+,24-8?;;. The molecule has 0 aromatic heterocycles. The Bertz CT molecular complexity index is 702. The summed E-state index contributed by atoms with van der Waals surface area (Å²) in [5.74, 6) is 5.14. The average Bonchev–Trinajstić information content (AvgIpc) is 2.77. The Labute approximate surface area is 201 Å². The topological polar surface area (TPSA) is 26.0 Å². The predicted molar refractivity (Wildman–Crippen MR) is 145 cm³/mol. The van der Waals surface area contributed by atoms with Crippen LogP contribution in [0.3, 0.4) is 0 Å². The highest BCUT2D eigenvalue weighted by Crippen LogP contribution is 2.55. The fraction of sp³-hybridized carbons (Fsp3) is 0.742. The van der Waals surface area contributed by atoms with Gasteiger partial charge in [0, 0.05) is 11.6 Å². The van der Waals surface area contributed by atoms with Crippen molar-refractivity contribution >= 4 is 0 Å². The second-order valence-corrected chi connectivity index (χ2v) is 10.5. The number of fused-ring (bicyclic) bond motifs is 2. The van der Waals surface area contributed by atoms with Gasteiger partial charge >= 0.3 is 0 Å². The van der Waals surface area contributed by atoms with Crippen molar-refractivity contribution in [1.82, 2.24) is 0 Å². The molecule has 0 radical (unpaired) electrons. The maximum absolute atomic E-state index is 6.32. The van der Waals surface area contributed by atoms with E-state index in [9.17, 15) is 0 Å². The van der Waals surface area contributed by atoms with Crippen molar-refractivity contribution in [1.29, 1.82) is 0 Å². The summed E-state index contributed by atoms with van der Waals surface area (Å²) in [7, 11) is 0. The van der Waals surface area contributed by atoms with E-state index in [2.05, 4.69) is 66.7 Å². The molecule has 0 saturated heterocycles. The molecular weight excluding hydrogens is 386 g/mol. The summed E-state index contributed by atoms with van der Waals surface area (Å²) in [4.78, 5) is 0. The second kappa shape index (κ2) is 13.5. The van der Waals surface area contributed by atoms with Crippen LogP contribution in [-0.4, -0.2) is 0 Å². The highest BCUT2D eigenvalue weighted by molar-refractivity contribution is 5.35. The molecule has 0 amide bonds. The van der Waals surface area contributed by atoms with E-state index >= 15 is 0 Å². The SMILES string of the molecule is CC.CC.CC=C1C2C(C)=C3C(C)C/C(C)=C\C=C(\N)CCC3CC2CC(C)C1C(C)C. The van der Waals surface area contributed by atoms with Gasteiger partial charge in [0.25, 0.3) is 0 Å². The van der Waals surface area contributed by atoms with Crippen LogP contribution in [0.25, 0.3) is 0 Å². The smallest absolute Gasteiger partial charge is 0.00806 e. The molecular formula is C31H55N. The minimum Gasteiger partial charge on any atom is -0.402 e. The number of hydrogen-bond acceptors (Lipinski definition) is 1. The summed E-state index contributed by atoms with van der Waals surface area (Å²) < 4.78 is 0. The molecule has 1 nitrogen and oxygen atoms in total. The first-order valence-electron chi connectivity index (χ1n) is 13.7. The Hall–Kier alpha value is -1.24. The predicted octanol–water partition coefficient (Wildman–Crippen LogP) is 9.47. The third-order valence-electron chi connectivity index (χ3n) is 8.03. The fourth-order valence-electron chi connectivity index (χ4n) is 7.21. The average molecular weight is 442 g/mol. The number of hydrogen-bond donors (Lipinski definition) is 1. The Kier molecular flexibility index (Phi) is 12.1. The minimum atomic E-state index is 0.643. The van der Waals surface area contributed by atoms with Crippen LogP contribution >= 0.6 is 0 Å². The van der Waals surface area contributed by atoms with E-state index in [4.69, 9.17) is 5.73 Å². The lowest BCUT2D eigenvalue weighted by molar-refractivity contribution is 0.141. The summed E-state index contributed by atoms with van der Waals surface area (Å²) in [6, 6.07) is 0. The van der Waals surface area contributed by atoms with Gasteiger partial charge in [0.2, 0.25) is 0 Å². The van der Waals surface area contributed by atoms with Crippen molar-refractivity contribution in [2.45, 2.75) is 108 Å². The molecule has 0 spiro atoms. The lowest BCUT2D eigenvalue weighted by atomic mass is 9.54. The highest BCUT2D eigenvalue weighted by Gasteiger charge is 2.45. The molecule has 1 heteroatoms. The highest BCUT2D eigenvalue weighted by atomic mass is 14.6. The molecule has 0 aromatic carbocycles. The zero-order valence-electron chi connectivity index (χ0n) is 23.4. The Morgan fingerprint density at radius 2 is 1.62 bits per heavy atom. The van der Waals surface area contributed by atoms with Crippen LogP contribution in [0.15, 0.2) is 46.2 Å². The molecule has 6 atom stereocenters. The van der Waals surface area contributed by atoms with E-state index in [1.807, 2.05) is 27.7 Å². The number of nitrogens with two attached hydrogens (primary N) is 1. The molecule has 3 aliphatic carbocycles. The van der Waals surface area contributed by atoms with Gasteiger partial charge in [-0.25, -0.2) is 0 Å². The number of rotatable bonds is 1. The van der Waals surface area contributed by atoms with Gasteiger partial charge in [0.1, 0.15) is 0 Å². The van der Waals surface area contributed by atoms with Gasteiger partial charge in [-0.05, 0) is 94.5 Å². The maximum Gasteiger partial charge on any atom is 0.00806 e. The zero-order valence-corrected chi connectivity index (χ0v) is 23.4. The van der Waals surface area contributed by atoms with E-state index in [0.29, 0.717) is 11.8 Å². The van der Waals surface area contributed by atoms with E-state index in [1.54, 1.807) is 16.7 Å². The Morgan fingerprint density at radius 1 is 1.00 bits per heavy atom. The third-order valence-corrected chi connectivity index (χ3v) is 8.03. The molecule has 0 bridgehead atoms. The van der Waals surface area contributed by atoms with Gasteiger partial charge in [-0.15, -0.1) is 0 Å². The number of allylic oxidation sites excluding steroid dienone is 8. The van der Waals surface area contributed by atoms with Gasteiger partial charge in [0.15, 0.2) is 0 Å². The summed E-state index contributed by atoms with van der Waals surface area (Å²) >= 11 is 0. The van der Waals surface area contributed by atoms with Crippen molar-refractivity contribution in [2.75, 3.05) is 0 Å². The van der Waals surface area contributed by atoms with Crippen molar-refractivity contribution in [2.24, 2.45) is 47.2 Å². The molecule has 0 heterocycles. The molecule has 184 valence electrons. The Balaban J connectivity index is 0.00000121. The van der Waals surface area contributed by atoms with Crippen molar-refractivity contribution in [3.05, 3.63) is 46.2 Å². The molecule has 32 heavy (non-hydrogen) atoms. The first-order valence-corrected chi connectivity index (χ1v) is 13.7. The van der Waals surface area contributed by atoms with Crippen molar-refractivity contribution in [3.8, 4) is 0 Å². The van der Waals surface area contributed by atoms with E-state index in [0.717, 1.165) is 41.7 Å². The first-order chi connectivity index (χ1) is 15.2. The fourth-order valence-corrected chi connectivity index (χ4v) is 7.21. The molecule has 1 fully saturated rings. The van der Waals surface area contributed by atoms with Crippen LogP contribution in [-0.2, 0) is 0 Å². The van der Waals surface area contributed by atoms with Crippen LogP contribution < -0.4 is 5.73 Å². The third kappa shape index (κ3) is 6.42. The molecule has 3 aliphatic rings. The molecule has 0 aliphatic heterocycles. The molecule has 1 saturated carbocycles. The van der Waals surface area contributed by atoms with E-state index < -0.39 is 0 Å². The lowest BCUT2D eigenvalue weighted by Crippen LogP contribution is -2.40. The molecule has 3 rings (SSSR count). The quantitative estimate of drug-likeness (QED) is 0.403. The largest absolute Gasteiger partial charge is 0.402 e. The van der Waals surface area contributed by atoms with Crippen LogP contribution in [0, 0.1) is 41.4 Å². The Morgan fingerprint density at radius 3 is 2.19 bits per heavy atom. The van der Waals surface area contributed by atoms with Crippen LogP contribution in [0.4, 0.5) is 0 Å². The first kappa shape index (κ1) is 28.8. The van der Waals surface area contributed by atoms with Gasteiger partial charge in [0.05, 0.1) is 0 Å². The van der Waals surface area contributed by atoms with Gasteiger partial charge in [-0.1, -0.05) is 89.8 Å². The molecule has 6 unspecified atom stereocenters. The summed E-state index contributed by atoms with van der Waals surface area (Å²) in [6.45, 7) is 24.9. The van der Waals surface area contributed by atoms with E-state index in [-0.39, 0.29) is 0 Å². The van der Waals surface area contributed by atoms with Crippen LogP contribution in [0.5, 0.6) is 0 Å². The zero-order chi connectivity index (χ0) is 24.6. The van der Waals surface area contributed by atoms with Gasteiger partial charge < -0.3 is 5.73 Å². The summed E-state index contributed by atoms with van der Waals surface area (Å²) in [5.41, 5.74) is 14.1. The molecule has 0 aromatic rings. The normalized spacial score (nSPS) is 37.4. The van der Waals surface area contributed by atoms with E-state index in [1.165, 1.54) is 31.3 Å². The van der Waals surface area contributed by atoms with Gasteiger partial charge in [-0.2, -0.15) is 0 Å². The monoisotopic (exact) mass is 441 g/mol. The summed E-state index contributed by atoms with van der Waals surface area (Å²) in [5, 5.41) is 0. The second-order valence-electron chi connectivity index (χ2n) is 10.5. The minimum absolute atomic E-state index is 0.643. The summed E-state index contributed by atoms with van der Waals surface area (Å²) in [6.07, 6.45) is 13.1. The van der Waals surface area contributed by atoms with Crippen LogP contribution in [0.2, 0.25) is 0 Å². The van der Waals surface area contributed by atoms with Crippen molar-refractivity contribution in [3.63, 3.8) is 0 Å². The van der Waals surface area contributed by atoms with Crippen LogP contribution in [0.1, 0.15) is 108 Å². The lowest BCUT2D eigenvalue weighted by Gasteiger charge is -2.50. The van der Waals surface area contributed by atoms with Gasteiger partial charge in [-0.3, -0.25) is 0 Å².